The molecule has 0 amide bonds. The maximum atomic E-state index is 4.58. The molecule has 1 unspecified atom stereocenters. The van der Waals surface area contributed by atoms with Crippen molar-refractivity contribution in [3.63, 3.8) is 0 Å². The van der Waals surface area contributed by atoms with Crippen molar-refractivity contribution in [2.24, 2.45) is 0 Å². The summed E-state index contributed by atoms with van der Waals surface area (Å²) >= 11 is 3.56. The molecule has 0 aliphatic rings. The molecule has 2 aromatic carbocycles. The van der Waals surface area contributed by atoms with E-state index in [1.54, 1.807) is 0 Å². The predicted octanol–water partition coefficient (Wildman–Crippen LogP) is 4.70. The van der Waals surface area contributed by atoms with Crippen molar-refractivity contribution in [3.8, 4) is 0 Å². The smallest absolute Gasteiger partial charge is 0.0753 e. The summed E-state index contributed by atoms with van der Waals surface area (Å²) in [7, 11) is 0. The minimum absolute atomic E-state index is 0.145. The van der Waals surface area contributed by atoms with Gasteiger partial charge >= 0.3 is 0 Å². The zero-order valence-electron chi connectivity index (χ0n) is 11.9. The number of rotatable bonds is 4. The summed E-state index contributed by atoms with van der Waals surface area (Å²) in [6.07, 6.45) is 1.86. The first kappa shape index (κ1) is 14.2. The first-order chi connectivity index (χ1) is 10.3. The van der Waals surface area contributed by atoms with Crippen LogP contribution < -0.4 is 5.32 Å². The molecule has 0 bridgehead atoms. The van der Waals surface area contributed by atoms with Gasteiger partial charge in [-0.15, -0.1) is 0 Å². The molecule has 1 aromatic heterocycles. The van der Waals surface area contributed by atoms with Gasteiger partial charge in [0.15, 0.2) is 0 Å². The van der Waals surface area contributed by atoms with Crippen LogP contribution in [0, 0.1) is 0 Å². The molecule has 3 heteroatoms. The SMILES string of the molecule is CCNC(c1cccc(Br)c1)c1cccc2cccnc12. The number of hydrogen-bond acceptors (Lipinski definition) is 2. The lowest BCUT2D eigenvalue weighted by atomic mass is 9.96. The quantitative estimate of drug-likeness (QED) is 0.744. The number of fused-ring (bicyclic) bond motifs is 1. The van der Waals surface area contributed by atoms with Crippen LogP contribution in [0.25, 0.3) is 10.9 Å². The highest BCUT2D eigenvalue weighted by Gasteiger charge is 2.16. The molecule has 1 atom stereocenters. The number of benzene rings is 2. The summed E-state index contributed by atoms with van der Waals surface area (Å²) in [6, 6.07) is 19.0. The normalized spacial score (nSPS) is 12.5. The largest absolute Gasteiger partial charge is 0.306 e. The maximum Gasteiger partial charge on any atom is 0.0753 e. The summed E-state index contributed by atoms with van der Waals surface area (Å²) in [5.41, 5.74) is 3.52. The van der Waals surface area contributed by atoms with E-state index < -0.39 is 0 Å². The van der Waals surface area contributed by atoms with Gasteiger partial charge in [-0.25, -0.2) is 0 Å². The van der Waals surface area contributed by atoms with Crippen LogP contribution in [0.2, 0.25) is 0 Å². The highest BCUT2D eigenvalue weighted by Crippen LogP contribution is 2.29. The van der Waals surface area contributed by atoms with E-state index in [2.05, 4.69) is 75.6 Å². The van der Waals surface area contributed by atoms with E-state index in [1.165, 1.54) is 16.5 Å². The molecule has 3 aromatic rings. The van der Waals surface area contributed by atoms with Gasteiger partial charge in [-0.2, -0.15) is 0 Å². The summed E-state index contributed by atoms with van der Waals surface area (Å²) in [6.45, 7) is 3.03. The second-order valence-electron chi connectivity index (χ2n) is 4.97. The van der Waals surface area contributed by atoms with Crippen LogP contribution in [-0.2, 0) is 0 Å². The Bertz CT molecular complexity index is 750. The average Bonchev–Trinajstić information content (AvgIpc) is 2.52. The zero-order chi connectivity index (χ0) is 14.7. The maximum absolute atomic E-state index is 4.58. The van der Waals surface area contributed by atoms with E-state index in [0.29, 0.717) is 0 Å². The molecule has 0 saturated heterocycles. The number of nitrogens with zero attached hydrogens (tertiary/aromatic N) is 1. The fraction of sp³-hybridized carbons (Fsp3) is 0.167. The van der Waals surface area contributed by atoms with Crippen molar-refractivity contribution in [2.45, 2.75) is 13.0 Å². The lowest BCUT2D eigenvalue weighted by molar-refractivity contribution is 0.633. The highest BCUT2D eigenvalue weighted by atomic mass is 79.9. The molecule has 0 aliphatic carbocycles. The number of aromatic nitrogens is 1. The van der Waals surface area contributed by atoms with Gasteiger partial charge in [0.25, 0.3) is 0 Å². The van der Waals surface area contributed by atoms with Gasteiger partial charge in [0.1, 0.15) is 0 Å². The van der Waals surface area contributed by atoms with E-state index in [0.717, 1.165) is 16.5 Å². The molecule has 106 valence electrons. The Labute approximate surface area is 133 Å². The van der Waals surface area contributed by atoms with E-state index in [9.17, 15) is 0 Å². The van der Waals surface area contributed by atoms with Crippen LogP contribution in [0.1, 0.15) is 24.1 Å². The van der Waals surface area contributed by atoms with Crippen LogP contribution in [0.4, 0.5) is 0 Å². The molecule has 0 radical (unpaired) electrons. The monoisotopic (exact) mass is 340 g/mol. The third-order valence-corrected chi connectivity index (χ3v) is 4.06. The van der Waals surface area contributed by atoms with Crippen molar-refractivity contribution >= 4 is 26.8 Å². The predicted molar refractivity (Wildman–Crippen MR) is 91.4 cm³/mol. The Morgan fingerprint density at radius 2 is 1.90 bits per heavy atom. The molecular formula is C18H17BrN2. The average molecular weight is 341 g/mol. The number of para-hydroxylation sites is 1. The highest BCUT2D eigenvalue weighted by molar-refractivity contribution is 9.10. The van der Waals surface area contributed by atoms with Crippen molar-refractivity contribution in [3.05, 3.63) is 76.4 Å². The molecule has 2 nitrogen and oxygen atoms in total. The first-order valence-corrected chi connectivity index (χ1v) is 7.91. The zero-order valence-corrected chi connectivity index (χ0v) is 13.5. The molecule has 1 N–H and O–H groups in total. The van der Waals surface area contributed by atoms with Gasteiger partial charge < -0.3 is 5.32 Å². The summed E-state index contributed by atoms with van der Waals surface area (Å²) in [4.78, 5) is 4.58. The minimum atomic E-state index is 0.145. The van der Waals surface area contributed by atoms with Gasteiger partial charge in [-0.05, 0) is 35.9 Å². The van der Waals surface area contributed by atoms with Crippen molar-refractivity contribution in [2.75, 3.05) is 6.54 Å². The molecule has 21 heavy (non-hydrogen) atoms. The van der Waals surface area contributed by atoms with Gasteiger partial charge in [-0.3, -0.25) is 4.98 Å². The summed E-state index contributed by atoms with van der Waals surface area (Å²) in [5, 5.41) is 4.75. The Balaban J connectivity index is 2.16. The molecule has 0 fully saturated rings. The number of pyridine rings is 1. The Kier molecular flexibility index (Phi) is 4.32. The fourth-order valence-corrected chi connectivity index (χ4v) is 3.08. The molecule has 3 rings (SSSR count). The second kappa shape index (κ2) is 6.37. The molecule has 0 aliphatic heterocycles. The van der Waals surface area contributed by atoms with Gasteiger partial charge in [-0.1, -0.05) is 59.3 Å². The molecule has 0 saturated carbocycles. The number of halogens is 1. The van der Waals surface area contributed by atoms with Crippen LogP contribution in [0.3, 0.4) is 0 Å². The Hall–Kier alpha value is -1.71. The first-order valence-electron chi connectivity index (χ1n) is 7.12. The van der Waals surface area contributed by atoms with Crippen molar-refractivity contribution in [1.29, 1.82) is 0 Å². The third-order valence-electron chi connectivity index (χ3n) is 3.57. The van der Waals surface area contributed by atoms with E-state index in [-0.39, 0.29) is 6.04 Å². The van der Waals surface area contributed by atoms with E-state index in [4.69, 9.17) is 0 Å². The third kappa shape index (κ3) is 2.99. The van der Waals surface area contributed by atoms with E-state index >= 15 is 0 Å². The number of nitrogens with one attached hydrogen (secondary N) is 1. The van der Waals surface area contributed by atoms with Gasteiger partial charge in [0.05, 0.1) is 11.6 Å². The summed E-state index contributed by atoms with van der Waals surface area (Å²) < 4.78 is 1.09. The van der Waals surface area contributed by atoms with Crippen LogP contribution >= 0.6 is 15.9 Å². The minimum Gasteiger partial charge on any atom is -0.306 e. The Morgan fingerprint density at radius 3 is 2.71 bits per heavy atom. The van der Waals surface area contributed by atoms with Crippen molar-refractivity contribution in [1.82, 2.24) is 10.3 Å². The fourth-order valence-electron chi connectivity index (χ4n) is 2.66. The van der Waals surface area contributed by atoms with E-state index in [1.807, 2.05) is 18.3 Å². The lowest BCUT2D eigenvalue weighted by Gasteiger charge is -2.20. The Morgan fingerprint density at radius 1 is 1.10 bits per heavy atom. The molecule has 0 spiro atoms. The standard InChI is InChI=1S/C18H17BrN2/c1-2-20-18(14-7-3-9-15(19)12-14)16-10-4-6-13-8-5-11-21-17(13)16/h3-12,18,20H,2H2,1H3. The van der Waals surface area contributed by atoms with Crippen LogP contribution in [-0.4, -0.2) is 11.5 Å². The van der Waals surface area contributed by atoms with Crippen molar-refractivity contribution < 1.29 is 0 Å². The van der Waals surface area contributed by atoms with Crippen LogP contribution in [0.15, 0.2) is 65.3 Å². The number of hydrogen-bond donors (Lipinski definition) is 1. The lowest BCUT2D eigenvalue weighted by Crippen LogP contribution is -2.22. The molecule has 1 heterocycles. The topological polar surface area (TPSA) is 24.9 Å². The van der Waals surface area contributed by atoms with Gasteiger partial charge in [0, 0.05) is 16.1 Å². The van der Waals surface area contributed by atoms with Gasteiger partial charge in [0.2, 0.25) is 0 Å². The molecular weight excluding hydrogens is 324 g/mol. The van der Waals surface area contributed by atoms with Crippen LogP contribution in [0.5, 0.6) is 0 Å². The summed E-state index contributed by atoms with van der Waals surface area (Å²) in [5.74, 6) is 0. The second-order valence-corrected chi connectivity index (χ2v) is 5.88.